The van der Waals surface area contributed by atoms with E-state index in [9.17, 15) is 0 Å². The van der Waals surface area contributed by atoms with Crippen LogP contribution in [0.5, 0.6) is 0 Å². The Bertz CT molecular complexity index is 559. The Kier molecular flexibility index (Phi) is 2.91. The molecule has 80 valence electrons. The lowest BCUT2D eigenvalue weighted by molar-refractivity contribution is 1.51. The third-order valence-electron chi connectivity index (χ3n) is 2.98. The van der Waals surface area contributed by atoms with Crippen molar-refractivity contribution in [3.63, 3.8) is 0 Å². The fraction of sp³-hybridized carbons (Fsp3) is 0.125. The first-order valence-electron chi connectivity index (χ1n) is 5.55. The van der Waals surface area contributed by atoms with Crippen LogP contribution in [-0.4, -0.2) is 0 Å². The molecule has 0 heterocycles. The van der Waals surface area contributed by atoms with E-state index in [4.69, 9.17) is 0 Å². The molecular formula is C16H16. The molecule has 0 radical (unpaired) electrons. The Labute approximate surface area is 96.9 Å². The minimum Gasteiger partial charge on any atom is -0.0985 e. The van der Waals surface area contributed by atoms with Gasteiger partial charge in [0.05, 0.1) is 0 Å². The number of allylic oxidation sites excluding steroid dienone is 3. The van der Waals surface area contributed by atoms with E-state index < -0.39 is 0 Å². The molecule has 0 saturated heterocycles. The normalized spacial score (nSPS) is 11.8. The topological polar surface area (TPSA) is 0 Å². The summed E-state index contributed by atoms with van der Waals surface area (Å²) in [7, 11) is 0. The third-order valence-corrected chi connectivity index (χ3v) is 2.98. The summed E-state index contributed by atoms with van der Waals surface area (Å²) in [6.07, 6.45) is 4.02. The quantitative estimate of drug-likeness (QED) is 0.625. The molecule has 0 aliphatic carbocycles. The molecule has 0 saturated carbocycles. The lowest BCUT2D eigenvalue weighted by Gasteiger charge is -2.09. The zero-order valence-electron chi connectivity index (χ0n) is 9.83. The van der Waals surface area contributed by atoms with Gasteiger partial charge in [0.1, 0.15) is 0 Å². The van der Waals surface area contributed by atoms with E-state index in [0.717, 1.165) is 0 Å². The van der Waals surface area contributed by atoms with Crippen molar-refractivity contribution in [3.05, 3.63) is 66.3 Å². The van der Waals surface area contributed by atoms with E-state index in [1.807, 2.05) is 13.0 Å². The highest BCUT2D eigenvalue weighted by atomic mass is 14.1. The van der Waals surface area contributed by atoms with Crippen molar-refractivity contribution in [1.82, 2.24) is 0 Å². The zero-order valence-corrected chi connectivity index (χ0v) is 9.83. The van der Waals surface area contributed by atoms with E-state index in [0.29, 0.717) is 0 Å². The summed E-state index contributed by atoms with van der Waals surface area (Å²) >= 11 is 0. The van der Waals surface area contributed by atoms with Crippen molar-refractivity contribution in [2.75, 3.05) is 0 Å². The van der Waals surface area contributed by atoms with E-state index >= 15 is 0 Å². The second kappa shape index (κ2) is 4.36. The van der Waals surface area contributed by atoms with Crippen LogP contribution in [0.15, 0.2) is 55.1 Å². The lowest BCUT2D eigenvalue weighted by atomic mass is 9.95. The second-order valence-electron chi connectivity index (χ2n) is 3.92. The standard InChI is InChI=1S/C16H16/c1-4-13(5-2)15-11-10-12(3)14-8-6-7-9-16(14)15/h4-11H,1H2,2-3H3/b13-5+. The number of hydrogen-bond donors (Lipinski definition) is 0. The van der Waals surface area contributed by atoms with Crippen molar-refractivity contribution >= 4 is 16.3 Å². The first-order chi connectivity index (χ1) is 7.77. The van der Waals surface area contributed by atoms with Crippen molar-refractivity contribution in [1.29, 1.82) is 0 Å². The van der Waals surface area contributed by atoms with Gasteiger partial charge in [0.25, 0.3) is 0 Å². The van der Waals surface area contributed by atoms with Crippen LogP contribution in [0.25, 0.3) is 16.3 Å². The average Bonchev–Trinajstić information content (AvgIpc) is 2.34. The highest BCUT2D eigenvalue weighted by Gasteiger charge is 2.04. The average molecular weight is 208 g/mol. The van der Waals surface area contributed by atoms with Crippen molar-refractivity contribution in [2.24, 2.45) is 0 Å². The summed E-state index contributed by atoms with van der Waals surface area (Å²) in [6, 6.07) is 12.9. The van der Waals surface area contributed by atoms with Crippen LogP contribution in [0.2, 0.25) is 0 Å². The van der Waals surface area contributed by atoms with Crippen molar-refractivity contribution < 1.29 is 0 Å². The Balaban J connectivity index is 2.82. The van der Waals surface area contributed by atoms with Crippen LogP contribution in [0.1, 0.15) is 18.1 Å². The Hall–Kier alpha value is -1.82. The molecule has 2 aromatic rings. The molecule has 0 aliphatic heterocycles. The predicted octanol–water partition coefficient (Wildman–Crippen LogP) is 4.74. The summed E-state index contributed by atoms with van der Waals surface area (Å²) < 4.78 is 0. The lowest BCUT2D eigenvalue weighted by Crippen LogP contribution is -1.86. The van der Waals surface area contributed by atoms with Crippen LogP contribution in [0.3, 0.4) is 0 Å². The maximum Gasteiger partial charge on any atom is -0.0103 e. The first kappa shape index (κ1) is 10.7. The monoisotopic (exact) mass is 208 g/mol. The summed E-state index contributed by atoms with van der Waals surface area (Å²) in [5.74, 6) is 0. The number of fused-ring (bicyclic) bond motifs is 1. The SMILES string of the molecule is C=C/C(=C\C)c1ccc(C)c2ccccc12. The van der Waals surface area contributed by atoms with Gasteiger partial charge in [-0.3, -0.25) is 0 Å². The molecule has 0 heteroatoms. The molecule has 2 aromatic carbocycles. The summed E-state index contributed by atoms with van der Waals surface area (Å²) in [5, 5.41) is 2.62. The Morgan fingerprint density at radius 3 is 2.38 bits per heavy atom. The molecule has 0 fully saturated rings. The fourth-order valence-corrected chi connectivity index (χ4v) is 2.08. The predicted molar refractivity (Wildman–Crippen MR) is 72.5 cm³/mol. The smallest absolute Gasteiger partial charge is 0.0103 e. The highest BCUT2D eigenvalue weighted by molar-refractivity contribution is 5.97. The molecule has 0 aliphatic rings. The first-order valence-corrected chi connectivity index (χ1v) is 5.55. The molecular weight excluding hydrogens is 192 g/mol. The molecule has 0 N–H and O–H groups in total. The van der Waals surface area contributed by atoms with Gasteiger partial charge in [-0.25, -0.2) is 0 Å². The zero-order chi connectivity index (χ0) is 11.5. The maximum atomic E-state index is 3.87. The second-order valence-corrected chi connectivity index (χ2v) is 3.92. The Morgan fingerprint density at radius 1 is 1.06 bits per heavy atom. The van der Waals surface area contributed by atoms with E-state index in [1.165, 1.54) is 27.5 Å². The Morgan fingerprint density at radius 2 is 1.75 bits per heavy atom. The molecule has 0 spiro atoms. The minimum atomic E-state index is 1.19. The van der Waals surface area contributed by atoms with Gasteiger partial charge in [-0.05, 0) is 41.3 Å². The fourth-order valence-electron chi connectivity index (χ4n) is 2.08. The van der Waals surface area contributed by atoms with E-state index in [-0.39, 0.29) is 0 Å². The third kappa shape index (κ3) is 1.67. The number of rotatable bonds is 2. The van der Waals surface area contributed by atoms with Crippen LogP contribution >= 0.6 is 0 Å². The minimum absolute atomic E-state index is 1.19. The van der Waals surface area contributed by atoms with Crippen LogP contribution in [-0.2, 0) is 0 Å². The van der Waals surface area contributed by atoms with Gasteiger partial charge < -0.3 is 0 Å². The maximum absolute atomic E-state index is 3.87. The van der Waals surface area contributed by atoms with E-state index in [2.05, 4.69) is 56.0 Å². The van der Waals surface area contributed by atoms with Gasteiger partial charge in [0, 0.05) is 0 Å². The summed E-state index contributed by atoms with van der Waals surface area (Å²) in [5.41, 5.74) is 3.77. The van der Waals surface area contributed by atoms with Crippen LogP contribution in [0, 0.1) is 6.92 Å². The number of benzene rings is 2. The van der Waals surface area contributed by atoms with Gasteiger partial charge in [-0.1, -0.05) is 55.1 Å². The molecule has 0 nitrogen and oxygen atoms in total. The van der Waals surface area contributed by atoms with Gasteiger partial charge in [-0.15, -0.1) is 0 Å². The van der Waals surface area contributed by atoms with Crippen molar-refractivity contribution in [3.8, 4) is 0 Å². The molecule has 0 atom stereocenters. The molecule has 0 amide bonds. The summed E-state index contributed by atoms with van der Waals surface area (Å²) in [6.45, 7) is 8.06. The number of aryl methyl sites for hydroxylation is 1. The van der Waals surface area contributed by atoms with Gasteiger partial charge >= 0.3 is 0 Å². The van der Waals surface area contributed by atoms with Crippen LogP contribution in [0.4, 0.5) is 0 Å². The largest absolute Gasteiger partial charge is 0.0985 e. The van der Waals surface area contributed by atoms with Gasteiger partial charge in [0.2, 0.25) is 0 Å². The van der Waals surface area contributed by atoms with Gasteiger partial charge in [0.15, 0.2) is 0 Å². The molecule has 0 aromatic heterocycles. The molecule has 0 bridgehead atoms. The van der Waals surface area contributed by atoms with Gasteiger partial charge in [-0.2, -0.15) is 0 Å². The summed E-state index contributed by atoms with van der Waals surface area (Å²) in [4.78, 5) is 0. The van der Waals surface area contributed by atoms with Crippen molar-refractivity contribution in [2.45, 2.75) is 13.8 Å². The number of hydrogen-bond acceptors (Lipinski definition) is 0. The van der Waals surface area contributed by atoms with E-state index in [1.54, 1.807) is 0 Å². The van der Waals surface area contributed by atoms with Crippen LogP contribution < -0.4 is 0 Å². The molecule has 2 rings (SSSR count). The molecule has 0 unspecified atom stereocenters. The molecule has 16 heavy (non-hydrogen) atoms. The highest BCUT2D eigenvalue weighted by Crippen LogP contribution is 2.27.